The van der Waals surface area contributed by atoms with E-state index in [4.69, 9.17) is 16.3 Å². The molecule has 0 atom stereocenters. The normalized spacial score (nSPS) is 14.5. The number of hydrogen-bond donors (Lipinski definition) is 1. The van der Waals surface area contributed by atoms with Gasteiger partial charge in [-0.1, -0.05) is 41.9 Å². The van der Waals surface area contributed by atoms with Gasteiger partial charge in [0.15, 0.2) is 0 Å². The largest absolute Gasteiger partial charge is 0.494 e. The van der Waals surface area contributed by atoms with Gasteiger partial charge < -0.3 is 9.84 Å². The third kappa shape index (κ3) is 4.69. The predicted molar refractivity (Wildman–Crippen MR) is 131 cm³/mol. The molecule has 1 aliphatic heterocycles. The molecule has 0 saturated carbocycles. The van der Waals surface area contributed by atoms with Gasteiger partial charge in [0, 0.05) is 10.6 Å². The van der Waals surface area contributed by atoms with Crippen molar-refractivity contribution in [3.63, 3.8) is 0 Å². The number of carbonyl (C=O) groups excluding carboxylic acids is 1. The Bertz CT molecular complexity index is 1270. The fraction of sp³-hybridized carbons (Fsp3) is 0.111. The van der Waals surface area contributed by atoms with E-state index >= 15 is 0 Å². The van der Waals surface area contributed by atoms with Crippen LogP contribution in [0.2, 0.25) is 5.02 Å². The van der Waals surface area contributed by atoms with Crippen molar-refractivity contribution in [1.29, 1.82) is 0 Å². The van der Waals surface area contributed by atoms with Crippen molar-refractivity contribution >= 4 is 40.9 Å². The van der Waals surface area contributed by atoms with Crippen LogP contribution in [0, 0.1) is 6.92 Å². The molecule has 0 aliphatic carbocycles. The van der Waals surface area contributed by atoms with Crippen molar-refractivity contribution in [2.24, 2.45) is 0 Å². The lowest BCUT2D eigenvalue weighted by atomic mass is 10.1. The fourth-order valence-corrected chi connectivity index (χ4v) is 3.80. The maximum Gasteiger partial charge on any atom is 0.335 e. The van der Waals surface area contributed by atoms with E-state index in [0.717, 1.165) is 22.4 Å². The molecule has 0 fully saturated rings. The third-order valence-corrected chi connectivity index (χ3v) is 5.59. The molecule has 1 aliphatic rings. The van der Waals surface area contributed by atoms with Gasteiger partial charge in [-0.05, 0) is 79.1 Å². The highest BCUT2D eigenvalue weighted by Crippen LogP contribution is 2.37. The summed E-state index contributed by atoms with van der Waals surface area (Å²) in [5, 5.41) is 10.1. The molecule has 1 amide bonds. The Labute approximate surface area is 197 Å². The highest BCUT2D eigenvalue weighted by molar-refractivity contribution is 6.30. The van der Waals surface area contributed by atoms with E-state index in [1.165, 1.54) is 12.1 Å². The smallest absolute Gasteiger partial charge is 0.335 e. The number of rotatable bonds is 6. The second-order valence-corrected chi connectivity index (χ2v) is 8.02. The monoisotopic (exact) mass is 459 g/mol. The van der Waals surface area contributed by atoms with Crippen molar-refractivity contribution in [2.45, 2.75) is 13.8 Å². The first kappa shape index (κ1) is 22.4. The lowest BCUT2D eigenvalue weighted by molar-refractivity contribution is -0.113. The molecule has 0 unspecified atom stereocenters. The summed E-state index contributed by atoms with van der Waals surface area (Å²) in [4.78, 5) is 26.7. The van der Waals surface area contributed by atoms with Crippen molar-refractivity contribution < 1.29 is 19.4 Å². The first-order valence-electron chi connectivity index (χ1n) is 10.5. The Kier molecular flexibility index (Phi) is 6.33. The number of carbonyl (C=O) groups is 2. The Morgan fingerprint density at radius 1 is 1.06 bits per heavy atom. The summed E-state index contributed by atoms with van der Waals surface area (Å²) in [7, 11) is 0. The fourth-order valence-electron chi connectivity index (χ4n) is 3.68. The van der Waals surface area contributed by atoms with E-state index in [-0.39, 0.29) is 11.5 Å². The van der Waals surface area contributed by atoms with Gasteiger partial charge in [-0.15, -0.1) is 0 Å². The minimum Gasteiger partial charge on any atom is -0.494 e. The van der Waals surface area contributed by atoms with Crippen LogP contribution in [-0.4, -0.2) is 23.6 Å². The summed E-state index contributed by atoms with van der Waals surface area (Å²) in [5.41, 5.74) is 4.22. The zero-order valence-electron chi connectivity index (χ0n) is 18.2. The minimum atomic E-state index is -1.05. The van der Waals surface area contributed by atoms with Crippen LogP contribution in [0.1, 0.15) is 34.0 Å². The number of amides is 1. The second-order valence-electron chi connectivity index (χ2n) is 7.59. The van der Waals surface area contributed by atoms with Gasteiger partial charge in [-0.3, -0.25) is 9.69 Å². The Hall–Kier alpha value is -3.83. The second kappa shape index (κ2) is 9.35. The minimum absolute atomic E-state index is 0.114. The topological polar surface area (TPSA) is 66.8 Å². The van der Waals surface area contributed by atoms with Crippen molar-refractivity contribution in [2.75, 3.05) is 11.5 Å². The van der Waals surface area contributed by atoms with Crippen molar-refractivity contribution in [3.8, 4) is 5.75 Å². The van der Waals surface area contributed by atoms with Crippen LogP contribution in [-0.2, 0) is 4.79 Å². The number of carboxylic acid groups (broad SMARTS) is 1. The molecule has 4 rings (SSSR count). The third-order valence-electron chi connectivity index (χ3n) is 5.33. The summed E-state index contributed by atoms with van der Waals surface area (Å²) in [6.45, 7) is 4.35. The molecule has 3 aromatic rings. The molecule has 0 spiro atoms. The summed E-state index contributed by atoms with van der Waals surface area (Å²) < 4.78 is 5.49. The molecule has 166 valence electrons. The number of aryl methyl sites for hydroxylation is 1. The molecule has 0 saturated heterocycles. The van der Waals surface area contributed by atoms with Crippen LogP contribution >= 0.6 is 11.6 Å². The molecule has 3 aromatic carbocycles. The van der Waals surface area contributed by atoms with Gasteiger partial charge >= 0.3 is 5.97 Å². The lowest BCUT2D eigenvalue weighted by Gasteiger charge is -2.23. The average Bonchev–Trinajstić information content (AvgIpc) is 3.11. The van der Waals surface area contributed by atoms with Crippen LogP contribution in [0.4, 0.5) is 5.69 Å². The number of benzene rings is 3. The zero-order valence-corrected chi connectivity index (χ0v) is 19.0. The van der Waals surface area contributed by atoms with Crippen LogP contribution in [0.25, 0.3) is 11.8 Å². The van der Waals surface area contributed by atoms with Crippen LogP contribution in [0.5, 0.6) is 5.75 Å². The molecular formula is C27H22ClNO4. The Morgan fingerprint density at radius 2 is 1.76 bits per heavy atom. The number of nitrogens with zero attached hydrogens (tertiary/aromatic N) is 1. The van der Waals surface area contributed by atoms with Gasteiger partial charge in [0.05, 0.1) is 23.6 Å². The summed E-state index contributed by atoms with van der Waals surface area (Å²) in [6, 6.07) is 19.5. The van der Waals surface area contributed by atoms with Gasteiger partial charge in [-0.2, -0.15) is 0 Å². The van der Waals surface area contributed by atoms with Gasteiger partial charge in [0.2, 0.25) is 0 Å². The maximum atomic E-state index is 13.6. The van der Waals surface area contributed by atoms with E-state index in [1.807, 2.05) is 62.4 Å². The lowest BCUT2D eigenvalue weighted by Crippen LogP contribution is -2.26. The summed E-state index contributed by atoms with van der Waals surface area (Å²) >= 11 is 6.07. The first-order chi connectivity index (χ1) is 15.9. The molecule has 0 radical (unpaired) electrons. The molecule has 6 heteroatoms. The standard InChI is InChI=1S/C27H22ClNO4/c1-3-33-23-12-5-18(6-13-23)14-21-16-25(19-8-10-22(28)11-9-19)29(26(21)30)24-15-20(27(31)32)7-4-17(24)2/h4-16H,3H2,1-2H3,(H,31,32)/b21-14+. The maximum absolute atomic E-state index is 13.6. The number of hydrogen-bond acceptors (Lipinski definition) is 3. The highest BCUT2D eigenvalue weighted by atomic mass is 35.5. The molecule has 0 bridgehead atoms. The first-order valence-corrected chi connectivity index (χ1v) is 10.9. The Balaban J connectivity index is 1.81. The summed E-state index contributed by atoms with van der Waals surface area (Å²) in [6.07, 6.45) is 3.62. The van der Waals surface area contributed by atoms with Crippen molar-refractivity contribution in [3.05, 3.63) is 106 Å². The number of ether oxygens (including phenoxy) is 1. The van der Waals surface area contributed by atoms with Crippen molar-refractivity contribution in [1.82, 2.24) is 0 Å². The number of halogens is 1. The number of aromatic carboxylic acids is 1. The zero-order chi connectivity index (χ0) is 23.5. The molecular weight excluding hydrogens is 438 g/mol. The van der Waals surface area contributed by atoms with E-state index in [9.17, 15) is 14.7 Å². The van der Waals surface area contributed by atoms with Gasteiger partial charge in [-0.25, -0.2) is 4.79 Å². The van der Waals surface area contributed by atoms with E-state index < -0.39 is 5.97 Å². The summed E-state index contributed by atoms with van der Waals surface area (Å²) in [5.74, 6) is -0.526. The quantitative estimate of drug-likeness (QED) is 0.444. The van der Waals surface area contributed by atoms with Gasteiger partial charge in [0.25, 0.3) is 5.91 Å². The SMILES string of the molecule is CCOc1ccc(/C=C2\C=C(c3ccc(Cl)cc3)N(c3cc(C(=O)O)ccc3C)C2=O)cc1. The van der Waals surface area contributed by atoms with E-state index in [1.54, 1.807) is 23.1 Å². The molecule has 5 nitrogen and oxygen atoms in total. The van der Waals surface area contributed by atoms with E-state index in [2.05, 4.69) is 0 Å². The Morgan fingerprint density at radius 3 is 2.39 bits per heavy atom. The highest BCUT2D eigenvalue weighted by Gasteiger charge is 2.31. The molecule has 1 heterocycles. The predicted octanol–water partition coefficient (Wildman–Crippen LogP) is 6.22. The molecule has 0 aromatic heterocycles. The van der Waals surface area contributed by atoms with Crippen LogP contribution < -0.4 is 9.64 Å². The number of anilines is 1. The molecule has 1 N–H and O–H groups in total. The van der Waals surface area contributed by atoms with E-state index in [0.29, 0.717) is 28.6 Å². The number of carboxylic acids is 1. The average molecular weight is 460 g/mol. The molecule has 33 heavy (non-hydrogen) atoms. The van der Waals surface area contributed by atoms with Gasteiger partial charge in [0.1, 0.15) is 5.75 Å². The van der Waals surface area contributed by atoms with Crippen LogP contribution in [0.15, 0.2) is 78.4 Å². The van der Waals surface area contributed by atoms with Crippen LogP contribution in [0.3, 0.4) is 0 Å².